The highest BCUT2D eigenvalue weighted by molar-refractivity contribution is 5.47. The Kier molecular flexibility index (Phi) is 4.15. The van der Waals surface area contributed by atoms with Gasteiger partial charge in [-0.2, -0.15) is 4.68 Å². The van der Waals surface area contributed by atoms with Crippen LogP contribution in [0.5, 0.6) is 0 Å². The van der Waals surface area contributed by atoms with E-state index in [2.05, 4.69) is 49.8 Å². The molecule has 0 N–H and O–H groups in total. The molecule has 0 saturated carbocycles. The molecule has 0 saturated heterocycles. The van der Waals surface area contributed by atoms with E-state index in [-0.39, 0.29) is 0 Å². The summed E-state index contributed by atoms with van der Waals surface area (Å²) in [5.41, 5.74) is 0.861. The van der Waals surface area contributed by atoms with Crippen LogP contribution in [-0.2, 0) is 6.67 Å². The maximum Gasteiger partial charge on any atom is 0.226 e. The Morgan fingerprint density at radius 2 is 1.59 bits per heavy atom. The predicted molar refractivity (Wildman–Crippen MR) is 78.9 cm³/mol. The molecule has 114 valence electrons. The fourth-order valence-corrected chi connectivity index (χ4v) is 2.14. The SMILES string of the molecule is CCN(CC)Cn1nnnc1-c1nnnn1-c1ccccc1. The van der Waals surface area contributed by atoms with Crippen LogP contribution in [0.25, 0.3) is 17.3 Å². The number of tetrazole rings is 2. The summed E-state index contributed by atoms with van der Waals surface area (Å²) in [6.45, 7) is 6.62. The highest BCUT2D eigenvalue weighted by Gasteiger charge is 2.18. The number of benzene rings is 1. The average molecular weight is 299 g/mol. The third-order valence-corrected chi connectivity index (χ3v) is 3.43. The summed E-state index contributed by atoms with van der Waals surface area (Å²) >= 11 is 0. The van der Waals surface area contributed by atoms with Crippen LogP contribution in [0.15, 0.2) is 30.3 Å². The van der Waals surface area contributed by atoms with Gasteiger partial charge >= 0.3 is 0 Å². The third-order valence-electron chi connectivity index (χ3n) is 3.43. The van der Waals surface area contributed by atoms with E-state index in [1.807, 2.05) is 30.3 Å². The standard InChI is InChI=1S/C13H17N9/c1-3-20(4-2)10-21-12(14-16-18-21)13-15-17-19-22(13)11-8-6-5-7-9-11/h5-9H,3-4,10H2,1-2H3. The molecule has 0 amide bonds. The van der Waals surface area contributed by atoms with Crippen molar-refractivity contribution in [2.24, 2.45) is 0 Å². The van der Waals surface area contributed by atoms with Crippen LogP contribution < -0.4 is 0 Å². The number of nitrogens with zero attached hydrogens (tertiary/aromatic N) is 9. The second-order valence-corrected chi connectivity index (χ2v) is 4.70. The molecule has 9 nitrogen and oxygen atoms in total. The van der Waals surface area contributed by atoms with Gasteiger partial charge in [-0.3, -0.25) is 4.90 Å². The third kappa shape index (κ3) is 2.70. The van der Waals surface area contributed by atoms with Gasteiger partial charge in [0.2, 0.25) is 11.6 Å². The monoisotopic (exact) mass is 299 g/mol. The van der Waals surface area contributed by atoms with Gasteiger partial charge in [-0.25, -0.2) is 4.68 Å². The molecule has 2 heterocycles. The minimum Gasteiger partial charge on any atom is -0.285 e. The Morgan fingerprint density at radius 3 is 2.32 bits per heavy atom. The first-order valence-corrected chi connectivity index (χ1v) is 7.16. The van der Waals surface area contributed by atoms with Gasteiger partial charge in [0.05, 0.1) is 12.4 Å². The van der Waals surface area contributed by atoms with Gasteiger partial charge < -0.3 is 0 Å². The second-order valence-electron chi connectivity index (χ2n) is 4.70. The molecule has 0 radical (unpaired) electrons. The van der Waals surface area contributed by atoms with Gasteiger partial charge in [0.15, 0.2) is 0 Å². The lowest BCUT2D eigenvalue weighted by molar-refractivity contribution is 0.228. The Labute approximate surface area is 127 Å². The smallest absolute Gasteiger partial charge is 0.226 e. The van der Waals surface area contributed by atoms with Crippen LogP contribution >= 0.6 is 0 Å². The maximum absolute atomic E-state index is 4.08. The second kappa shape index (κ2) is 6.39. The zero-order chi connectivity index (χ0) is 15.4. The number of rotatable bonds is 6. The quantitative estimate of drug-likeness (QED) is 0.658. The molecule has 0 aliphatic carbocycles. The van der Waals surface area contributed by atoms with Crippen LogP contribution in [0.4, 0.5) is 0 Å². The van der Waals surface area contributed by atoms with Crippen molar-refractivity contribution in [1.82, 2.24) is 45.3 Å². The maximum atomic E-state index is 4.08. The van der Waals surface area contributed by atoms with E-state index in [0.29, 0.717) is 18.3 Å². The fraction of sp³-hybridized carbons (Fsp3) is 0.385. The van der Waals surface area contributed by atoms with Crippen LogP contribution in [0, 0.1) is 0 Å². The van der Waals surface area contributed by atoms with Crippen LogP contribution in [0.2, 0.25) is 0 Å². The van der Waals surface area contributed by atoms with Crippen molar-refractivity contribution in [2.45, 2.75) is 20.5 Å². The number of hydrogen-bond donors (Lipinski definition) is 0. The van der Waals surface area contributed by atoms with Crippen LogP contribution in [0.3, 0.4) is 0 Å². The number of para-hydroxylation sites is 1. The topological polar surface area (TPSA) is 90.4 Å². The summed E-state index contributed by atoms with van der Waals surface area (Å²) in [6.07, 6.45) is 0. The van der Waals surface area contributed by atoms with Gasteiger partial charge in [0, 0.05) is 0 Å². The highest BCUT2D eigenvalue weighted by atomic mass is 15.6. The average Bonchev–Trinajstić information content (AvgIpc) is 3.21. The van der Waals surface area contributed by atoms with E-state index >= 15 is 0 Å². The fourth-order valence-electron chi connectivity index (χ4n) is 2.14. The summed E-state index contributed by atoms with van der Waals surface area (Å²) in [5.74, 6) is 1.06. The summed E-state index contributed by atoms with van der Waals surface area (Å²) in [7, 11) is 0. The van der Waals surface area contributed by atoms with E-state index in [1.165, 1.54) is 0 Å². The zero-order valence-electron chi connectivity index (χ0n) is 12.5. The van der Waals surface area contributed by atoms with Crippen molar-refractivity contribution < 1.29 is 0 Å². The van der Waals surface area contributed by atoms with Crippen molar-refractivity contribution in [2.75, 3.05) is 13.1 Å². The van der Waals surface area contributed by atoms with E-state index in [4.69, 9.17) is 0 Å². The Bertz CT molecular complexity index is 714. The Balaban J connectivity index is 1.97. The van der Waals surface area contributed by atoms with Crippen LogP contribution in [0.1, 0.15) is 13.8 Å². The molecule has 0 atom stereocenters. The lowest BCUT2D eigenvalue weighted by Crippen LogP contribution is -2.27. The normalized spacial score (nSPS) is 11.2. The molecule has 0 aliphatic heterocycles. The summed E-state index contributed by atoms with van der Waals surface area (Å²) < 4.78 is 3.34. The summed E-state index contributed by atoms with van der Waals surface area (Å²) in [5, 5.41) is 23.8. The van der Waals surface area contributed by atoms with Gasteiger partial charge in [-0.1, -0.05) is 32.0 Å². The molecule has 0 aliphatic rings. The molecular formula is C13H17N9. The summed E-state index contributed by atoms with van der Waals surface area (Å²) in [6, 6.07) is 9.66. The molecule has 0 unspecified atom stereocenters. The molecule has 22 heavy (non-hydrogen) atoms. The number of hydrogen-bond acceptors (Lipinski definition) is 7. The molecule has 0 spiro atoms. The highest BCUT2D eigenvalue weighted by Crippen LogP contribution is 2.16. The first-order valence-electron chi connectivity index (χ1n) is 7.16. The van der Waals surface area contributed by atoms with E-state index in [9.17, 15) is 0 Å². The lowest BCUT2D eigenvalue weighted by atomic mass is 10.3. The minimum absolute atomic E-state index is 0.517. The first kappa shape index (κ1) is 14.3. The summed E-state index contributed by atoms with van der Waals surface area (Å²) in [4.78, 5) is 2.20. The predicted octanol–water partition coefficient (Wildman–Crippen LogP) is 0.615. The van der Waals surface area contributed by atoms with Gasteiger partial charge in [-0.05, 0) is 46.1 Å². The van der Waals surface area contributed by atoms with Crippen molar-refractivity contribution in [3.63, 3.8) is 0 Å². The van der Waals surface area contributed by atoms with Gasteiger partial charge in [0.25, 0.3) is 0 Å². The van der Waals surface area contributed by atoms with Gasteiger partial charge in [0.1, 0.15) is 0 Å². The molecule has 9 heteroatoms. The van der Waals surface area contributed by atoms with Crippen LogP contribution in [-0.4, -0.2) is 58.4 Å². The molecule has 0 fully saturated rings. The molecular weight excluding hydrogens is 282 g/mol. The van der Waals surface area contributed by atoms with E-state index in [1.54, 1.807) is 9.36 Å². The molecule has 3 aromatic rings. The van der Waals surface area contributed by atoms with Crippen molar-refractivity contribution in [1.29, 1.82) is 0 Å². The van der Waals surface area contributed by atoms with Crippen molar-refractivity contribution in [3.05, 3.63) is 30.3 Å². The Hall–Kier alpha value is -2.68. The van der Waals surface area contributed by atoms with Crippen molar-refractivity contribution in [3.8, 4) is 17.3 Å². The molecule has 1 aromatic carbocycles. The number of aromatic nitrogens is 8. The largest absolute Gasteiger partial charge is 0.285 e. The molecule has 2 aromatic heterocycles. The minimum atomic E-state index is 0.517. The first-order chi connectivity index (χ1) is 10.8. The van der Waals surface area contributed by atoms with Gasteiger partial charge in [-0.15, -0.1) is 10.2 Å². The van der Waals surface area contributed by atoms with E-state index in [0.717, 1.165) is 18.8 Å². The zero-order valence-corrected chi connectivity index (χ0v) is 12.5. The molecule has 3 rings (SSSR count). The van der Waals surface area contributed by atoms with Crippen molar-refractivity contribution >= 4 is 0 Å². The van der Waals surface area contributed by atoms with E-state index < -0.39 is 0 Å². The Morgan fingerprint density at radius 1 is 0.909 bits per heavy atom. The molecule has 0 bridgehead atoms. The lowest BCUT2D eigenvalue weighted by Gasteiger charge is -2.17.